The second-order valence-corrected chi connectivity index (χ2v) is 4.41. The van der Waals surface area contributed by atoms with E-state index < -0.39 is 0 Å². The fraction of sp³-hybridized carbons (Fsp3) is 0.600. The van der Waals surface area contributed by atoms with Gasteiger partial charge in [-0.25, -0.2) is 4.98 Å². The molecule has 0 saturated heterocycles. The minimum Gasteiger partial charge on any atom is -0.383 e. The summed E-state index contributed by atoms with van der Waals surface area (Å²) in [5.74, 6) is 2.33. The van der Waals surface area contributed by atoms with E-state index in [9.17, 15) is 0 Å². The molecule has 1 fully saturated rings. The molecule has 0 spiro atoms. The van der Waals surface area contributed by atoms with Crippen molar-refractivity contribution in [3.8, 4) is 0 Å². The number of aromatic nitrogens is 2. The standard InChI is InChI=1S/C10H14N4/c11-9-7-4-5-1-2-6(3-5)8(7)13-10(12)14-9/h5-6H,1-4H2,(H4,11,12,13,14). The zero-order valence-electron chi connectivity index (χ0n) is 8.03. The molecule has 3 rings (SSSR count). The summed E-state index contributed by atoms with van der Waals surface area (Å²) in [6.07, 6.45) is 4.87. The summed E-state index contributed by atoms with van der Waals surface area (Å²) in [7, 11) is 0. The number of hydrogen-bond donors (Lipinski definition) is 2. The van der Waals surface area contributed by atoms with Crippen molar-refractivity contribution in [2.24, 2.45) is 5.92 Å². The third-order valence-corrected chi connectivity index (χ3v) is 3.51. The zero-order valence-corrected chi connectivity index (χ0v) is 8.03. The van der Waals surface area contributed by atoms with Crippen LogP contribution < -0.4 is 11.5 Å². The topological polar surface area (TPSA) is 77.8 Å². The van der Waals surface area contributed by atoms with Crippen molar-refractivity contribution in [1.82, 2.24) is 9.97 Å². The highest BCUT2D eigenvalue weighted by molar-refractivity contribution is 5.49. The number of nitrogen functional groups attached to an aromatic ring is 2. The molecule has 1 saturated carbocycles. The van der Waals surface area contributed by atoms with Crippen molar-refractivity contribution in [3.05, 3.63) is 11.3 Å². The van der Waals surface area contributed by atoms with Crippen LogP contribution in [0, 0.1) is 5.92 Å². The Morgan fingerprint density at radius 1 is 1.14 bits per heavy atom. The van der Waals surface area contributed by atoms with Gasteiger partial charge in [-0.2, -0.15) is 4.98 Å². The summed E-state index contributed by atoms with van der Waals surface area (Å²) < 4.78 is 0. The van der Waals surface area contributed by atoms with Gasteiger partial charge in [-0.1, -0.05) is 0 Å². The van der Waals surface area contributed by atoms with Crippen LogP contribution in [-0.4, -0.2) is 9.97 Å². The van der Waals surface area contributed by atoms with Crippen LogP contribution in [0.15, 0.2) is 0 Å². The average Bonchev–Trinajstić information content (AvgIpc) is 2.52. The Balaban J connectivity index is 2.18. The summed E-state index contributed by atoms with van der Waals surface area (Å²) in [5.41, 5.74) is 13.8. The summed E-state index contributed by atoms with van der Waals surface area (Å²) in [6.45, 7) is 0. The van der Waals surface area contributed by atoms with Crippen molar-refractivity contribution < 1.29 is 0 Å². The Morgan fingerprint density at radius 2 is 2.00 bits per heavy atom. The molecule has 2 aliphatic carbocycles. The number of nitrogens with zero attached hydrogens (tertiary/aromatic N) is 2. The summed E-state index contributed by atoms with van der Waals surface area (Å²) in [4.78, 5) is 8.37. The van der Waals surface area contributed by atoms with Crippen LogP contribution in [0.2, 0.25) is 0 Å². The first kappa shape index (κ1) is 8.03. The molecule has 0 aliphatic heterocycles. The largest absolute Gasteiger partial charge is 0.383 e. The molecular weight excluding hydrogens is 176 g/mol. The van der Waals surface area contributed by atoms with E-state index in [1.54, 1.807) is 0 Å². The van der Waals surface area contributed by atoms with Gasteiger partial charge >= 0.3 is 0 Å². The zero-order chi connectivity index (χ0) is 9.71. The predicted octanol–water partition coefficient (Wildman–Crippen LogP) is 1.08. The van der Waals surface area contributed by atoms with Crippen molar-refractivity contribution >= 4 is 11.8 Å². The van der Waals surface area contributed by atoms with E-state index >= 15 is 0 Å². The van der Waals surface area contributed by atoms with Gasteiger partial charge in [0.1, 0.15) is 5.82 Å². The molecule has 1 aromatic rings. The van der Waals surface area contributed by atoms with Crippen LogP contribution in [-0.2, 0) is 6.42 Å². The lowest BCUT2D eigenvalue weighted by Gasteiger charge is -2.22. The molecular formula is C10H14N4. The van der Waals surface area contributed by atoms with Gasteiger partial charge < -0.3 is 11.5 Å². The van der Waals surface area contributed by atoms with Crippen LogP contribution >= 0.6 is 0 Å². The molecule has 0 aromatic carbocycles. The lowest BCUT2D eigenvalue weighted by Crippen LogP contribution is -2.17. The third kappa shape index (κ3) is 0.997. The molecule has 2 bridgehead atoms. The Kier molecular flexibility index (Phi) is 1.48. The smallest absolute Gasteiger partial charge is 0.222 e. The van der Waals surface area contributed by atoms with Gasteiger partial charge in [-0.3, -0.25) is 0 Å². The molecule has 4 heteroatoms. The highest BCUT2D eigenvalue weighted by atomic mass is 15.0. The molecule has 74 valence electrons. The lowest BCUT2D eigenvalue weighted by atomic mass is 9.87. The molecule has 1 aromatic heterocycles. The van der Waals surface area contributed by atoms with E-state index in [-0.39, 0.29) is 0 Å². The van der Waals surface area contributed by atoms with Gasteiger partial charge in [-0.05, 0) is 31.6 Å². The van der Waals surface area contributed by atoms with Crippen molar-refractivity contribution in [1.29, 1.82) is 0 Å². The normalized spacial score (nSPS) is 28.9. The average molecular weight is 190 g/mol. The Labute approximate surface area is 82.7 Å². The quantitative estimate of drug-likeness (QED) is 0.641. The first-order chi connectivity index (χ1) is 6.74. The van der Waals surface area contributed by atoms with Crippen molar-refractivity contribution in [3.63, 3.8) is 0 Å². The molecule has 2 aliphatic rings. The maximum absolute atomic E-state index is 5.86. The van der Waals surface area contributed by atoms with Gasteiger partial charge in [0.05, 0.1) is 5.69 Å². The fourth-order valence-electron chi connectivity index (χ4n) is 2.88. The molecule has 14 heavy (non-hydrogen) atoms. The number of anilines is 2. The number of nitrogens with two attached hydrogens (primary N) is 2. The number of rotatable bonds is 0. The summed E-state index contributed by atoms with van der Waals surface area (Å²) >= 11 is 0. The van der Waals surface area contributed by atoms with Crippen LogP contribution in [0.3, 0.4) is 0 Å². The Hall–Kier alpha value is -1.32. The monoisotopic (exact) mass is 190 g/mol. The third-order valence-electron chi connectivity index (χ3n) is 3.51. The minimum absolute atomic E-state index is 0.326. The highest BCUT2D eigenvalue weighted by Crippen LogP contribution is 2.46. The second kappa shape index (κ2) is 2.59. The van der Waals surface area contributed by atoms with Crippen LogP contribution in [0.4, 0.5) is 11.8 Å². The molecule has 0 radical (unpaired) electrons. The predicted molar refractivity (Wildman–Crippen MR) is 54.6 cm³/mol. The van der Waals surface area contributed by atoms with E-state index in [1.165, 1.54) is 19.3 Å². The van der Waals surface area contributed by atoms with Gasteiger partial charge in [0, 0.05) is 11.5 Å². The molecule has 1 heterocycles. The van der Waals surface area contributed by atoms with Gasteiger partial charge in [0.2, 0.25) is 5.95 Å². The van der Waals surface area contributed by atoms with E-state index in [4.69, 9.17) is 11.5 Å². The van der Waals surface area contributed by atoms with Crippen LogP contribution in [0.5, 0.6) is 0 Å². The lowest BCUT2D eigenvalue weighted by molar-refractivity contribution is 0.503. The van der Waals surface area contributed by atoms with E-state index in [2.05, 4.69) is 9.97 Å². The van der Waals surface area contributed by atoms with Gasteiger partial charge in [0.25, 0.3) is 0 Å². The van der Waals surface area contributed by atoms with Crippen molar-refractivity contribution in [2.75, 3.05) is 11.5 Å². The summed E-state index contributed by atoms with van der Waals surface area (Å²) in [6, 6.07) is 0. The molecule has 2 atom stereocenters. The molecule has 2 unspecified atom stereocenters. The minimum atomic E-state index is 0.326. The van der Waals surface area contributed by atoms with Gasteiger partial charge in [0.15, 0.2) is 0 Å². The maximum Gasteiger partial charge on any atom is 0.222 e. The van der Waals surface area contributed by atoms with E-state index in [0.717, 1.165) is 23.6 Å². The maximum atomic E-state index is 5.86. The first-order valence-corrected chi connectivity index (χ1v) is 5.16. The first-order valence-electron chi connectivity index (χ1n) is 5.16. The molecule has 4 nitrogen and oxygen atoms in total. The second-order valence-electron chi connectivity index (χ2n) is 4.41. The Morgan fingerprint density at radius 3 is 2.86 bits per heavy atom. The molecule has 0 amide bonds. The highest BCUT2D eigenvalue weighted by Gasteiger charge is 2.35. The van der Waals surface area contributed by atoms with Crippen molar-refractivity contribution in [2.45, 2.75) is 31.6 Å². The van der Waals surface area contributed by atoms with Crippen LogP contribution in [0.1, 0.15) is 36.4 Å². The van der Waals surface area contributed by atoms with E-state index in [0.29, 0.717) is 17.7 Å². The van der Waals surface area contributed by atoms with Gasteiger partial charge in [-0.15, -0.1) is 0 Å². The number of hydrogen-bond acceptors (Lipinski definition) is 4. The van der Waals surface area contributed by atoms with Crippen LogP contribution in [0.25, 0.3) is 0 Å². The Bertz CT molecular complexity index is 388. The summed E-state index contributed by atoms with van der Waals surface area (Å²) in [5, 5.41) is 0. The van der Waals surface area contributed by atoms with E-state index in [1.807, 2.05) is 0 Å². The SMILES string of the molecule is Nc1nc(N)c2c(n1)C1CCC(C2)C1. The fourth-order valence-corrected chi connectivity index (χ4v) is 2.88. The molecule has 4 N–H and O–H groups in total. The number of fused-ring (bicyclic) bond motifs is 4.